The fraction of sp³-hybridized carbons (Fsp3) is 0.500. The van der Waals surface area contributed by atoms with E-state index in [1.807, 2.05) is 0 Å². The van der Waals surface area contributed by atoms with Gasteiger partial charge in [-0.2, -0.15) is 0 Å². The molecule has 0 saturated heterocycles. The van der Waals surface area contributed by atoms with E-state index in [2.05, 4.69) is 10.2 Å². The van der Waals surface area contributed by atoms with Gasteiger partial charge in [0.1, 0.15) is 5.82 Å². The molecule has 0 unspecified atom stereocenters. The van der Waals surface area contributed by atoms with Crippen LogP contribution >= 0.6 is 0 Å². The molecule has 0 atom stereocenters. The van der Waals surface area contributed by atoms with Gasteiger partial charge < -0.3 is 10.2 Å². The summed E-state index contributed by atoms with van der Waals surface area (Å²) < 4.78 is 1.32. The van der Waals surface area contributed by atoms with Gasteiger partial charge in [-0.1, -0.05) is 0 Å². The molecule has 0 aromatic carbocycles. The summed E-state index contributed by atoms with van der Waals surface area (Å²) in [6, 6.07) is 0. The van der Waals surface area contributed by atoms with Gasteiger partial charge in [0.2, 0.25) is 5.88 Å². The number of aryl methyl sites for hydroxylation is 1. The fourth-order valence-electron chi connectivity index (χ4n) is 0.967. The summed E-state index contributed by atoms with van der Waals surface area (Å²) >= 11 is 0. The van der Waals surface area contributed by atoms with E-state index in [0.717, 1.165) is 0 Å². The number of imidazole rings is 1. The third-order valence-electron chi connectivity index (χ3n) is 1.52. The standard InChI is InChI=1S/C6H9N3O3/c1-4-7-5(8-12)6(11)9(4)2-3-10/h10-11H,2-3H2,1H3. The van der Waals surface area contributed by atoms with Gasteiger partial charge in [-0.25, -0.2) is 4.98 Å². The summed E-state index contributed by atoms with van der Waals surface area (Å²) in [6.07, 6.45) is 0. The maximum atomic E-state index is 10.0. The first-order chi connectivity index (χ1) is 5.70. The number of aromatic hydroxyl groups is 1. The van der Waals surface area contributed by atoms with Gasteiger partial charge in [0, 0.05) is 0 Å². The molecule has 0 aliphatic carbocycles. The van der Waals surface area contributed by atoms with Gasteiger partial charge in [0.15, 0.2) is 0 Å². The molecule has 0 bridgehead atoms. The molecule has 0 aliphatic heterocycles. The van der Waals surface area contributed by atoms with Crippen molar-refractivity contribution in [3.63, 3.8) is 0 Å². The fourth-order valence-corrected chi connectivity index (χ4v) is 0.967. The summed E-state index contributed by atoms with van der Waals surface area (Å²) in [5.41, 5.74) is 0. The molecule has 6 heteroatoms. The van der Waals surface area contributed by atoms with Crippen molar-refractivity contribution in [1.82, 2.24) is 9.55 Å². The maximum Gasteiger partial charge on any atom is 0.258 e. The molecular weight excluding hydrogens is 162 g/mol. The van der Waals surface area contributed by atoms with E-state index in [1.54, 1.807) is 6.92 Å². The van der Waals surface area contributed by atoms with Crippen LogP contribution in [0.3, 0.4) is 0 Å². The largest absolute Gasteiger partial charge is 0.492 e. The molecule has 6 nitrogen and oxygen atoms in total. The Bertz CT molecular complexity index is 294. The van der Waals surface area contributed by atoms with Crippen LogP contribution in [0.25, 0.3) is 0 Å². The van der Waals surface area contributed by atoms with E-state index < -0.39 is 0 Å². The monoisotopic (exact) mass is 171 g/mol. The van der Waals surface area contributed by atoms with Gasteiger partial charge in [-0.05, 0) is 12.1 Å². The van der Waals surface area contributed by atoms with Crippen LogP contribution < -0.4 is 0 Å². The van der Waals surface area contributed by atoms with Crippen LogP contribution in [0, 0.1) is 11.8 Å². The van der Waals surface area contributed by atoms with Crippen LogP contribution in [0.5, 0.6) is 5.88 Å². The lowest BCUT2D eigenvalue weighted by Crippen LogP contribution is -2.03. The van der Waals surface area contributed by atoms with Gasteiger partial charge in [0.05, 0.1) is 13.2 Å². The number of aliphatic hydroxyl groups is 1. The molecule has 1 aromatic rings. The number of nitroso groups, excluding NO2 is 1. The average Bonchev–Trinajstić information content (AvgIpc) is 2.32. The Hall–Kier alpha value is -1.43. The number of hydrogen-bond donors (Lipinski definition) is 2. The Morgan fingerprint density at radius 3 is 2.75 bits per heavy atom. The minimum atomic E-state index is -0.295. The van der Waals surface area contributed by atoms with E-state index >= 15 is 0 Å². The first kappa shape index (κ1) is 8.66. The molecule has 0 radical (unpaired) electrons. The van der Waals surface area contributed by atoms with Crippen molar-refractivity contribution in [2.24, 2.45) is 5.18 Å². The van der Waals surface area contributed by atoms with Gasteiger partial charge in [0.25, 0.3) is 5.82 Å². The summed E-state index contributed by atoms with van der Waals surface area (Å²) in [5, 5.41) is 20.3. The maximum absolute atomic E-state index is 10.0. The number of aliphatic hydroxyl groups excluding tert-OH is 1. The van der Waals surface area contributed by atoms with Gasteiger partial charge in [-0.3, -0.25) is 4.57 Å². The van der Waals surface area contributed by atoms with Gasteiger partial charge >= 0.3 is 0 Å². The molecule has 1 heterocycles. The SMILES string of the molecule is Cc1nc(N=O)c(O)n1CCO. The summed E-state index contributed by atoms with van der Waals surface area (Å²) in [6.45, 7) is 1.70. The minimum Gasteiger partial charge on any atom is -0.492 e. The Labute approximate surface area is 68.4 Å². The summed E-state index contributed by atoms with van der Waals surface area (Å²) in [5.74, 6) is -0.0753. The van der Waals surface area contributed by atoms with Crippen LogP contribution in [0.15, 0.2) is 5.18 Å². The third kappa shape index (κ3) is 1.28. The van der Waals surface area contributed by atoms with Crippen molar-refractivity contribution < 1.29 is 10.2 Å². The number of nitrogens with zero attached hydrogens (tertiary/aromatic N) is 3. The predicted octanol–water partition coefficient (Wildman–Crippen LogP) is 0.287. The van der Waals surface area contributed by atoms with Crippen LogP contribution in [0.2, 0.25) is 0 Å². The Morgan fingerprint density at radius 1 is 1.67 bits per heavy atom. The van der Waals surface area contributed by atoms with Crippen LogP contribution in [-0.4, -0.2) is 26.4 Å². The van der Waals surface area contributed by atoms with Crippen LogP contribution in [0.1, 0.15) is 5.82 Å². The van der Waals surface area contributed by atoms with E-state index in [1.165, 1.54) is 4.57 Å². The van der Waals surface area contributed by atoms with E-state index in [9.17, 15) is 10.0 Å². The van der Waals surface area contributed by atoms with Gasteiger partial charge in [-0.15, -0.1) is 4.91 Å². The lowest BCUT2D eigenvalue weighted by atomic mass is 10.6. The number of rotatable bonds is 3. The highest BCUT2D eigenvalue weighted by molar-refractivity contribution is 5.40. The van der Waals surface area contributed by atoms with Crippen molar-refractivity contribution in [2.45, 2.75) is 13.5 Å². The molecule has 0 fully saturated rings. The van der Waals surface area contributed by atoms with E-state index in [-0.39, 0.29) is 24.8 Å². The van der Waals surface area contributed by atoms with Crippen LogP contribution in [0.4, 0.5) is 5.82 Å². The molecule has 12 heavy (non-hydrogen) atoms. The smallest absolute Gasteiger partial charge is 0.258 e. The molecule has 0 aliphatic rings. The molecular formula is C6H9N3O3. The molecule has 1 aromatic heterocycles. The Kier molecular flexibility index (Phi) is 2.39. The van der Waals surface area contributed by atoms with Crippen molar-refractivity contribution >= 4 is 5.82 Å². The lowest BCUT2D eigenvalue weighted by Gasteiger charge is -2.01. The third-order valence-corrected chi connectivity index (χ3v) is 1.52. The second-order valence-corrected chi connectivity index (χ2v) is 2.27. The quantitative estimate of drug-likeness (QED) is 0.639. The first-order valence-electron chi connectivity index (χ1n) is 3.41. The number of hydrogen-bond acceptors (Lipinski definition) is 5. The molecule has 2 N–H and O–H groups in total. The van der Waals surface area contributed by atoms with Crippen molar-refractivity contribution in [1.29, 1.82) is 0 Å². The molecule has 0 saturated carbocycles. The summed E-state index contributed by atoms with van der Waals surface area (Å²) in [4.78, 5) is 13.7. The van der Waals surface area contributed by atoms with E-state index in [4.69, 9.17) is 5.11 Å². The second-order valence-electron chi connectivity index (χ2n) is 2.27. The van der Waals surface area contributed by atoms with Crippen molar-refractivity contribution in [2.75, 3.05) is 6.61 Å². The lowest BCUT2D eigenvalue weighted by molar-refractivity contribution is 0.266. The zero-order chi connectivity index (χ0) is 9.14. The highest BCUT2D eigenvalue weighted by Crippen LogP contribution is 2.25. The van der Waals surface area contributed by atoms with Crippen molar-refractivity contribution in [3.8, 4) is 5.88 Å². The van der Waals surface area contributed by atoms with Crippen molar-refractivity contribution in [3.05, 3.63) is 10.7 Å². The second kappa shape index (κ2) is 3.31. The zero-order valence-corrected chi connectivity index (χ0v) is 6.56. The summed E-state index contributed by atoms with van der Waals surface area (Å²) in [7, 11) is 0. The Morgan fingerprint density at radius 2 is 2.33 bits per heavy atom. The topological polar surface area (TPSA) is 87.7 Å². The molecule has 0 amide bonds. The molecule has 0 spiro atoms. The molecule has 1 rings (SSSR count). The number of aromatic nitrogens is 2. The minimum absolute atomic E-state index is 0.122. The predicted molar refractivity (Wildman–Crippen MR) is 41.2 cm³/mol. The molecule has 66 valence electrons. The zero-order valence-electron chi connectivity index (χ0n) is 6.56. The normalized spacial score (nSPS) is 10.2. The Balaban J connectivity index is 3.09. The average molecular weight is 171 g/mol. The highest BCUT2D eigenvalue weighted by atomic mass is 16.3. The highest BCUT2D eigenvalue weighted by Gasteiger charge is 2.12. The van der Waals surface area contributed by atoms with Crippen LogP contribution in [-0.2, 0) is 6.54 Å². The first-order valence-corrected chi connectivity index (χ1v) is 3.41. The van der Waals surface area contributed by atoms with E-state index in [0.29, 0.717) is 5.82 Å².